The maximum absolute atomic E-state index is 4.00. The Kier molecular flexibility index (Phi) is 3.36. The molecule has 0 saturated heterocycles. The number of nitrogens with one attached hydrogen (secondary N) is 2. The van der Waals surface area contributed by atoms with Crippen LogP contribution in [0.15, 0.2) is 42.7 Å². The first-order chi connectivity index (χ1) is 9.24. The molecule has 0 aliphatic heterocycles. The van der Waals surface area contributed by atoms with Crippen molar-refractivity contribution in [1.82, 2.24) is 15.5 Å². The number of nitrogens with zero attached hydrogens (tertiary/aromatic N) is 1. The van der Waals surface area contributed by atoms with Crippen molar-refractivity contribution in [3.63, 3.8) is 0 Å². The Morgan fingerprint density at radius 1 is 1.21 bits per heavy atom. The van der Waals surface area contributed by atoms with E-state index in [4.69, 9.17) is 0 Å². The maximum Gasteiger partial charge on any atom is 0.0534 e. The minimum Gasteiger partial charge on any atom is -0.303 e. The molecule has 2 aromatic heterocycles. The zero-order chi connectivity index (χ0) is 13.2. The van der Waals surface area contributed by atoms with E-state index < -0.39 is 0 Å². The molecule has 0 amide bonds. The highest BCUT2D eigenvalue weighted by molar-refractivity contribution is 7.19. The number of fused-ring (bicyclic) bond motifs is 1. The number of rotatable bonds is 4. The highest BCUT2D eigenvalue weighted by Gasteiger charge is 2.13. The molecule has 19 heavy (non-hydrogen) atoms. The van der Waals surface area contributed by atoms with E-state index in [1.165, 1.54) is 20.5 Å². The highest BCUT2D eigenvalue weighted by Crippen LogP contribution is 2.30. The lowest BCUT2D eigenvalue weighted by atomic mass is 10.1. The third-order valence-electron chi connectivity index (χ3n) is 3.39. The average Bonchev–Trinajstić information content (AvgIpc) is 3.07. The van der Waals surface area contributed by atoms with Gasteiger partial charge in [0.1, 0.15) is 0 Å². The first-order valence-corrected chi connectivity index (χ1v) is 7.29. The van der Waals surface area contributed by atoms with E-state index in [0.717, 1.165) is 0 Å². The second-order valence-corrected chi connectivity index (χ2v) is 5.94. The van der Waals surface area contributed by atoms with Crippen LogP contribution in [0.2, 0.25) is 0 Å². The summed E-state index contributed by atoms with van der Waals surface area (Å²) in [4.78, 5) is 1.37. The zero-order valence-corrected chi connectivity index (χ0v) is 11.9. The minimum absolute atomic E-state index is 0.291. The summed E-state index contributed by atoms with van der Waals surface area (Å²) in [6.07, 6.45) is 3.81. The van der Waals surface area contributed by atoms with Crippen LogP contribution in [-0.2, 0) is 0 Å². The van der Waals surface area contributed by atoms with Crippen molar-refractivity contribution in [3.8, 4) is 0 Å². The fourth-order valence-electron chi connectivity index (χ4n) is 2.27. The van der Waals surface area contributed by atoms with Gasteiger partial charge in [0.05, 0.1) is 6.20 Å². The van der Waals surface area contributed by atoms with Crippen LogP contribution < -0.4 is 5.32 Å². The highest BCUT2D eigenvalue weighted by atomic mass is 32.1. The van der Waals surface area contributed by atoms with Gasteiger partial charge >= 0.3 is 0 Å². The molecule has 4 heteroatoms. The molecular weight excluding hydrogens is 254 g/mol. The molecule has 0 saturated carbocycles. The number of hydrogen-bond donors (Lipinski definition) is 2. The maximum atomic E-state index is 4.00. The molecule has 2 unspecified atom stereocenters. The monoisotopic (exact) mass is 271 g/mol. The van der Waals surface area contributed by atoms with E-state index in [0.29, 0.717) is 12.1 Å². The van der Waals surface area contributed by atoms with Crippen LogP contribution in [0.5, 0.6) is 0 Å². The number of aromatic amines is 1. The Morgan fingerprint density at radius 2 is 2.05 bits per heavy atom. The summed E-state index contributed by atoms with van der Waals surface area (Å²) >= 11 is 1.86. The summed E-state index contributed by atoms with van der Waals surface area (Å²) in [5.74, 6) is 0. The fraction of sp³-hybridized carbons (Fsp3) is 0.267. The molecule has 98 valence electrons. The molecule has 1 aromatic carbocycles. The van der Waals surface area contributed by atoms with Crippen molar-refractivity contribution in [3.05, 3.63) is 53.2 Å². The molecule has 0 radical (unpaired) electrons. The van der Waals surface area contributed by atoms with Crippen LogP contribution in [0.3, 0.4) is 0 Å². The smallest absolute Gasteiger partial charge is 0.0534 e. The summed E-state index contributed by atoms with van der Waals surface area (Å²) in [6, 6.07) is 11.4. The second kappa shape index (κ2) is 5.15. The van der Waals surface area contributed by atoms with Gasteiger partial charge in [-0.1, -0.05) is 18.2 Å². The van der Waals surface area contributed by atoms with Gasteiger partial charge in [-0.15, -0.1) is 11.3 Å². The standard InChI is InChI=1S/C15H17N3S/c1-10(13-8-16-17-9-13)18-11(2)15-7-12-5-3-4-6-14(12)19-15/h3-11,18H,1-2H3,(H,16,17). The van der Waals surface area contributed by atoms with Gasteiger partial charge in [0, 0.05) is 33.4 Å². The zero-order valence-electron chi connectivity index (χ0n) is 11.1. The normalized spacial score (nSPS) is 14.6. The quantitative estimate of drug-likeness (QED) is 0.752. The average molecular weight is 271 g/mol. The lowest BCUT2D eigenvalue weighted by molar-refractivity contribution is 0.500. The third-order valence-corrected chi connectivity index (χ3v) is 4.69. The predicted octanol–water partition coefficient (Wildman–Crippen LogP) is 4.04. The van der Waals surface area contributed by atoms with Gasteiger partial charge in [-0.25, -0.2) is 0 Å². The number of H-pyrrole nitrogens is 1. The van der Waals surface area contributed by atoms with Crippen molar-refractivity contribution in [2.45, 2.75) is 25.9 Å². The first kappa shape index (κ1) is 12.4. The van der Waals surface area contributed by atoms with Crippen molar-refractivity contribution >= 4 is 21.4 Å². The Labute approximate surface area is 116 Å². The molecule has 3 aromatic rings. The van der Waals surface area contributed by atoms with Crippen LogP contribution in [0.4, 0.5) is 0 Å². The number of benzene rings is 1. The largest absolute Gasteiger partial charge is 0.303 e. The van der Waals surface area contributed by atoms with Crippen LogP contribution in [0, 0.1) is 0 Å². The van der Waals surface area contributed by atoms with Gasteiger partial charge in [-0.2, -0.15) is 5.10 Å². The van der Waals surface area contributed by atoms with E-state index >= 15 is 0 Å². The lowest BCUT2D eigenvalue weighted by Crippen LogP contribution is -2.21. The topological polar surface area (TPSA) is 40.7 Å². The van der Waals surface area contributed by atoms with E-state index in [-0.39, 0.29) is 0 Å². The Morgan fingerprint density at radius 3 is 2.79 bits per heavy atom. The first-order valence-electron chi connectivity index (χ1n) is 6.47. The molecule has 3 rings (SSSR count). The number of aromatic nitrogens is 2. The summed E-state index contributed by atoms with van der Waals surface area (Å²) in [5.41, 5.74) is 1.19. The number of thiophene rings is 1. The van der Waals surface area contributed by atoms with Crippen molar-refractivity contribution < 1.29 is 0 Å². The van der Waals surface area contributed by atoms with E-state index in [1.807, 2.05) is 23.7 Å². The molecule has 2 atom stereocenters. The van der Waals surface area contributed by atoms with Gasteiger partial charge < -0.3 is 5.32 Å². The summed E-state index contributed by atoms with van der Waals surface area (Å²) in [6.45, 7) is 4.37. The molecule has 0 spiro atoms. The molecule has 3 nitrogen and oxygen atoms in total. The molecule has 0 aliphatic carbocycles. The van der Waals surface area contributed by atoms with E-state index in [2.05, 4.69) is 59.7 Å². The Hall–Kier alpha value is -1.65. The fourth-order valence-corrected chi connectivity index (χ4v) is 3.34. The Bertz CT molecular complexity index is 624. The van der Waals surface area contributed by atoms with Gasteiger partial charge in [0.15, 0.2) is 0 Å². The van der Waals surface area contributed by atoms with Crippen LogP contribution >= 0.6 is 11.3 Å². The van der Waals surface area contributed by atoms with Gasteiger partial charge in [-0.05, 0) is 31.4 Å². The second-order valence-electron chi connectivity index (χ2n) is 4.83. The van der Waals surface area contributed by atoms with Gasteiger partial charge in [0.25, 0.3) is 0 Å². The lowest BCUT2D eigenvalue weighted by Gasteiger charge is -2.17. The minimum atomic E-state index is 0.291. The van der Waals surface area contributed by atoms with E-state index in [1.54, 1.807) is 0 Å². The summed E-state index contributed by atoms with van der Waals surface area (Å²) in [5, 5.41) is 11.8. The van der Waals surface area contributed by atoms with Crippen molar-refractivity contribution in [2.24, 2.45) is 0 Å². The molecule has 0 fully saturated rings. The molecular formula is C15H17N3S. The molecule has 2 N–H and O–H groups in total. The summed E-state index contributed by atoms with van der Waals surface area (Å²) < 4.78 is 1.35. The Balaban J connectivity index is 1.78. The molecule has 0 aliphatic rings. The van der Waals surface area contributed by atoms with Crippen LogP contribution in [0.1, 0.15) is 36.4 Å². The van der Waals surface area contributed by atoms with Gasteiger partial charge in [-0.3, -0.25) is 5.10 Å². The van der Waals surface area contributed by atoms with Gasteiger partial charge in [0.2, 0.25) is 0 Å². The SMILES string of the molecule is CC(NC(C)c1cc2ccccc2s1)c1cn[nH]c1. The number of hydrogen-bond acceptors (Lipinski definition) is 3. The molecule has 2 heterocycles. The van der Waals surface area contributed by atoms with E-state index in [9.17, 15) is 0 Å². The third kappa shape index (κ3) is 2.55. The van der Waals surface area contributed by atoms with Crippen LogP contribution in [-0.4, -0.2) is 10.2 Å². The predicted molar refractivity (Wildman–Crippen MR) is 80.4 cm³/mol. The van der Waals surface area contributed by atoms with Crippen LogP contribution in [0.25, 0.3) is 10.1 Å². The summed E-state index contributed by atoms with van der Waals surface area (Å²) in [7, 11) is 0. The van der Waals surface area contributed by atoms with Crippen molar-refractivity contribution in [2.75, 3.05) is 0 Å². The van der Waals surface area contributed by atoms with Crippen molar-refractivity contribution in [1.29, 1.82) is 0 Å². The molecule has 0 bridgehead atoms.